The molecule has 2 N–H and O–H groups in total. The minimum atomic E-state index is 0.0113. The average molecular weight is 266 g/mol. The Morgan fingerprint density at radius 1 is 1.37 bits per heavy atom. The number of nitrogens with zero attached hydrogens (tertiary/aromatic N) is 3. The number of carbonyl (C=O) groups excluding carboxylic acids is 1. The van der Waals surface area contributed by atoms with Crippen LogP contribution in [0.5, 0.6) is 5.88 Å². The Labute approximate surface area is 114 Å². The molecule has 0 saturated carbocycles. The topological polar surface area (TPSA) is 71.7 Å². The summed E-state index contributed by atoms with van der Waals surface area (Å²) in [6.45, 7) is 2.85. The summed E-state index contributed by atoms with van der Waals surface area (Å²) in [4.78, 5) is 19.3. The first kappa shape index (κ1) is 15.1. The molecule has 1 rings (SSSR count). The molecule has 106 valence electrons. The predicted octanol–water partition coefficient (Wildman–Crippen LogP) is 0.977. The monoisotopic (exact) mass is 266 g/mol. The third-order valence-electron chi connectivity index (χ3n) is 2.58. The number of anilines is 2. The lowest BCUT2D eigenvalue weighted by molar-refractivity contribution is -0.127. The highest BCUT2D eigenvalue weighted by atomic mass is 16.5. The van der Waals surface area contributed by atoms with Gasteiger partial charge in [-0.2, -0.15) is 4.98 Å². The van der Waals surface area contributed by atoms with E-state index in [1.54, 1.807) is 36.0 Å². The van der Waals surface area contributed by atoms with Crippen LogP contribution < -0.4 is 15.4 Å². The quantitative estimate of drug-likeness (QED) is 0.831. The second-order valence-corrected chi connectivity index (χ2v) is 4.56. The van der Waals surface area contributed by atoms with Gasteiger partial charge >= 0.3 is 0 Å². The molecule has 0 atom stereocenters. The zero-order chi connectivity index (χ0) is 14.4. The number of hydrogen-bond donors (Lipinski definition) is 1. The van der Waals surface area contributed by atoms with Gasteiger partial charge < -0.3 is 20.3 Å². The van der Waals surface area contributed by atoms with Crippen molar-refractivity contribution in [3.05, 3.63) is 12.1 Å². The van der Waals surface area contributed by atoms with Gasteiger partial charge in [0.15, 0.2) is 0 Å². The average Bonchev–Trinajstić information content (AvgIpc) is 2.37. The van der Waals surface area contributed by atoms with Gasteiger partial charge in [0.1, 0.15) is 5.82 Å². The Balaban J connectivity index is 2.80. The Bertz CT molecular complexity index is 435. The maximum atomic E-state index is 11.7. The van der Waals surface area contributed by atoms with E-state index in [0.29, 0.717) is 24.0 Å². The summed E-state index contributed by atoms with van der Waals surface area (Å²) in [7, 11) is 5.26. The molecule has 19 heavy (non-hydrogen) atoms. The van der Waals surface area contributed by atoms with Gasteiger partial charge in [0.05, 0.1) is 18.8 Å². The van der Waals surface area contributed by atoms with Gasteiger partial charge in [0, 0.05) is 21.1 Å². The first-order chi connectivity index (χ1) is 8.95. The van der Waals surface area contributed by atoms with Crippen LogP contribution in [0.2, 0.25) is 0 Å². The predicted molar refractivity (Wildman–Crippen MR) is 76.4 cm³/mol. The van der Waals surface area contributed by atoms with Crippen LogP contribution in [0.15, 0.2) is 12.1 Å². The van der Waals surface area contributed by atoms with Gasteiger partial charge in [-0.25, -0.2) is 0 Å². The van der Waals surface area contributed by atoms with E-state index >= 15 is 0 Å². The number of nitrogen functional groups attached to an aromatic ring is 1. The van der Waals surface area contributed by atoms with Crippen molar-refractivity contribution in [1.82, 2.24) is 9.88 Å². The molecule has 6 nitrogen and oxygen atoms in total. The molecular weight excluding hydrogens is 244 g/mol. The van der Waals surface area contributed by atoms with Gasteiger partial charge in [0.25, 0.3) is 0 Å². The molecule has 0 spiro atoms. The number of amides is 1. The Kier molecular flexibility index (Phi) is 5.41. The largest absolute Gasteiger partial charge is 0.476 e. The summed E-state index contributed by atoms with van der Waals surface area (Å²) in [5.74, 6) is 1.09. The summed E-state index contributed by atoms with van der Waals surface area (Å²) in [6, 6.07) is 3.51. The number of rotatable bonds is 6. The van der Waals surface area contributed by atoms with Gasteiger partial charge in [-0.1, -0.05) is 6.92 Å². The first-order valence-corrected chi connectivity index (χ1v) is 6.26. The van der Waals surface area contributed by atoms with Gasteiger partial charge in [-0.05, 0) is 18.6 Å². The van der Waals surface area contributed by atoms with Crippen molar-refractivity contribution in [2.75, 3.05) is 44.9 Å². The second-order valence-electron chi connectivity index (χ2n) is 4.56. The van der Waals surface area contributed by atoms with Crippen molar-refractivity contribution in [3.63, 3.8) is 0 Å². The van der Waals surface area contributed by atoms with Crippen LogP contribution in [0.4, 0.5) is 11.5 Å². The normalized spacial score (nSPS) is 10.1. The van der Waals surface area contributed by atoms with Crippen LogP contribution >= 0.6 is 0 Å². The molecule has 0 radical (unpaired) electrons. The van der Waals surface area contributed by atoms with Crippen molar-refractivity contribution in [2.24, 2.45) is 0 Å². The van der Waals surface area contributed by atoms with Crippen LogP contribution in [-0.4, -0.2) is 50.1 Å². The molecule has 0 bridgehead atoms. The summed E-state index contributed by atoms with van der Waals surface area (Å²) in [5, 5.41) is 0. The number of hydrogen-bond acceptors (Lipinski definition) is 5. The fourth-order valence-corrected chi connectivity index (χ4v) is 1.39. The molecular formula is C13H22N4O2. The van der Waals surface area contributed by atoms with E-state index in [2.05, 4.69) is 4.98 Å². The number of carbonyl (C=O) groups is 1. The lowest BCUT2D eigenvalue weighted by Crippen LogP contribution is -2.34. The molecule has 6 heteroatoms. The Morgan fingerprint density at radius 2 is 2.05 bits per heavy atom. The van der Waals surface area contributed by atoms with Gasteiger partial charge in [0.2, 0.25) is 11.8 Å². The van der Waals surface area contributed by atoms with Crippen molar-refractivity contribution in [1.29, 1.82) is 0 Å². The zero-order valence-electron chi connectivity index (χ0n) is 12.0. The molecule has 1 aromatic heterocycles. The standard InChI is InChI=1S/C13H22N4O2/c1-5-8-19-13-10(14)6-7-11(15-13)17(4)9-12(18)16(2)3/h6-7H,5,8-9,14H2,1-4H3. The maximum absolute atomic E-state index is 11.7. The van der Waals surface area contributed by atoms with E-state index in [1.807, 2.05) is 14.0 Å². The SMILES string of the molecule is CCCOc1nc(N(C)CC(=O)N(C)C)ccc1N. The lowest BCUT2D eigenvalue weighted by Gasteiger charge is -2.20. The van der Waals surface area contributed by atoms with E-state index in [1.165, 1.54) is 0 Å². The molecule has 1 amide bonds. The summed E-state index contributed by atoms with van der Waals surface area (Å²) >= 11 is 0. The van der Waals surface area contributed by atoms with Crippen LogP contribution in [0, 0.1) is 0 Å². The minimum Gasteiger partial charge on any atom is -0.476 e. The van der Waals surface area contributed by atoms with E-state index in [-0.39, 0.29) is 12.5 Å². The zero-order valence-corrected chi connectivity index (χ0v) is 12.0. The number of nitrogens with two attached hydrogens (primary N) is 1. The van der Waals surface area contributed by atoms with Crippen molar-refractivity contribution in [2.45, 2.75) is 13.3 Å². The Hall–Kier alpha value is -1.98. The van der Waals surface area contributed by atoms with E-state index in [4.69, 9.17) is 10.5 Å². The maximum Gasteiger partial charge on any atom is 0.241 e. The third kappa shape index (κ3) is 4.31. The second kappa shape index (κ2) is 6.82. The third-order valence-corrected chi connectivity index (χ3v) is 2.58. The molecule has 0 aliphatic heterocycles. The van der Waals surface area contributed by atoms with Crippen molar-refractivity contribution in [3.8, 4) is 5.88 Å². The molecule has 0 saturated heterocycles. The molecule has 0 aliphatic carbocycles. The van der Waals surface area contributed by atoms with Crippen molar-refractivity contribution >= 4 is 17.4 Å². The summed E-state index contributed by atoms with van der Waals surface area (Å²) < 4.78 is 5.47. The molecule has 1 aromatic rings. The summed E-state index contributed by atoms with van der Waals surface area (Å²) in [6.07, 6.45) is 0.889. The number of ether oxygens (including phenoxy) is 1. The highest BCUT2D eigenvalue weighted by Crippen LogP contribution is 2.22. The van der Waals surface area contributed by atoms with E-state index < -0.39 is 0 Å². The van der Waals surface area contributed by atoms with Crippen LogP contribution in [0.25, 0.3) is 0 Å². The van der Waals surface area contributed by atoms with Gasteiger partial charge in [-0.3, -0.25) is 4.79 Å². The smallest absolute Gasteiger partial charge is 0.241 e. The molecule has 0 unspecified atom stereocenters. The molecule has 0 fully saturated rings. The Morgan fingerprint density at radius 3 is 2.63 bits per heavy atom. The van der Waals surface area contributed by atoms with Crippen molar-refractivity contribution < 1.29 is 9.53 Å². The number of pyridine rings is 1. The highest BCUT2D eigenvalue weighted by molar-refractivity contribution is 5.80. The molecule has 0 aromatic carbocycles. The van der Waals surface area contributed by atoms with E-state index in [9.17, 15) is 4.79 Å². The number of likely N-dealkylation sites (N-methyl/N-ethyl adjacent to an activating group) is 2. The van der Waals surface area contributed by atoms with Crippen LogP contribution in [-0.2, 0) is 4.79 Å². The van der Waals surface area contributed by atoms with Gasteiger partial charge in [-0.15, -0.1) is 0 Å². The van der Waals surface area contributed by atoms with Crippen LogP contribution in [0.3, 0.4) is 0 Å². The molecule has 1 heterocycles. The fraction of sp³-hybridized carbons (Fsp3) is 0.538. The molecule has 0 aliphatic rings. The lowest BCUT2D eigenvalue weighted by atomic mass is 10.3. The first-order valence-electron chi connectivity index (χ1n) is 6.26. The van der Waals surface area contributed by atoms with Crippen LogP contribution in [0.1, 0.15) is 13.3 Å². The fourth-order valence-electron chi connectivity index (χ4n) is 1.39. The minimum absolute atomic E-state index is 0.0113. The highest BCUT2D eigenvalue weighted by Gasteiger charge is 2.12. The van der Waals surface area contributed by atoms with E-state index in [0.717, 1.165) is 6.42 Å². The summed E-state index contributed by atoms with van der Waals surface area (Å²) in [5.41, 5.74) is 6.30. The number of aromatic nitrogens is 1.